The van der Waals surface area contributed by atoms with Crippen molar-refractivity contribution in [2.24, 2.45) is 0 Å². The predicted molar refractivity (Wildman–Crippen MR) is 73.3 cm³/mol. The highest BCUT2D eigenvalue weighted by Gasteiger charge is 2.19. The Morgan fingerprint density at radius 3 is 3.16 bits per heavy atom. The van der Waals surface area contributed by atoms with E-state index in [1.807, 2.05) is 0 Å². The number of ether oxygens (including phenoxy) is 1. The summed E-state index contributed by atoms with van der Waals surface area (Å²) in [5, 5.41) is 0.276. The lowest BCUT2D eigenvalue weighted by molar-refractivity contribution is 0.109. The summed E-state index contributed by atoms with van der Waals surface area (Å²) in [5.41, 5.74) is 7.57. The van der Waals surface area contributed by atoms with Gasteiger partial charge in [0.15, 0.2) is 5.58 Å². The largest absolute Gasteiger partial charge is 0.430 e. The molecule has 0 aliphatic carbocycles. The van der Waals surface area contributed by atoms with E-state index in [9.17, 15) is 4.21 Å². The zero-order valence-corrected chi connectivity index (χ0v) is 11.3. The molecule has 0 bridgehead atoms. The van der Waals surface area contributed by atoms with Crippen molar-refractivity contribution in [3.05, 3.63) is 18.2 Å². The van der Waals surface area contributed by atoms with Gasteiger partial charge in [0.2, 0.25) is 0 Å². The van der Waals surface area contributed by atoms with Gasteiger partial charge in [0, 0.05) is 18.0 Å². The van der Waals surface area contributed by atoms with E-state index >= 15 is 0 Å². The summed E-state index contributed by atoms with van der Waals surface area (Å²) in [4.78, 5) is 4.23. The van der Waals surface area contributed by atoms with Gasteiger partial charge in [-0.25, -0.2) is 9.19 Å². The number of hydrogen-bond donors (Lipinski definition) is 1. The first-order valence-corrected chi connectivity index (χ1v) is 7.70. The average Bonchev–Trinajstić information content (AvgIpc) is 3.04. The highest BCUT2D eigenvalue weighted by atomic mass is 32.2. The van der Waals surface area contributed by atoms with Gasteiger partial charge in [-0.2, -0.15) is 0 Å². The highest BCUT2D eigenvalue weighted by Crippen LogP contribution is 2.21. The van der Waals surface area contributed by atoms with Crippen LogP contribution in [0.15, 0.2) is 27.8 Å². The number of rotatable bonds is 4. The molecule has 5 nitrogen and oxygen atoms in total. The highest BCUT2D eigenvalue weighted by molar-refractivity contribution is 7.84. The minimum atomic E-state index is -1.22. The van der Waals surface area contributed by atoms with Gasteiger partial charge in [-0.15, -0.1) is 0 Å². The summed E-state index contributed by atoms with van der Waals surface area (Å²) in [6.07, 6.45) is 3.18. The zero-order valence-electron chi connectivity index (χ0n) is 10.5. The molecule has 3 rings (SSSR count). The molecule has 2 heterocycles. The van der Waals surface area contributed by atoms with E-state index in [1.165, 1.54) is 0 Å². The molecule has 102 valence electrons. The maximum atomic E-state index is 12.1. The fraction of sp³-hybridized carbons (Fsp3) is 0.462. The van der Waals surface area contributed by atoms with E-state index in [4.69, 9.17) is 14.9 Å². The van der Waals surface area contributed by atoms with Crippen LogP contribution in [0.2, 0.25) is 0 Å². The molecular weight excluding hydrogens is 264 g/mol. The minimum Gasteiger partial charge on any atom is -0.430 e. The predicted octanol–water partition coefficient (Wildman–Crippen LogP) is 2.09. The topological polar surface area (TPSA) is 78.3 Å². The van der Waals surface area contributed by atoms with Gasteiger partial charge in [-0.3, -0.25) is 0 Å². The van der Waals surface area contributed by atoms with Crippen molar-refractivity contribution in [2.75, 3.05) is 18.1 Å². The Morgan fingerprint density at radius 2 is 2.37 bits per heavy atom. The Kier molecular flexibility index (Phi) is 3.52. The van der Waals surface area contributed by atoms with Gasteiger partial charge < -0.3 is 14.9 Å². The number of nitrogens with two attached hydrogens (primary N) is 1. The van der Waals surface area contributed by atoms with E-state index < -0.39 is 10.8 Å². The van der Waals surface area contributed by atoms with Crippen LogP contribution < -0.4 is 5.73 Å². The minimum absolute atomic E-state index is 0.240. The summed E-state index contributed by atoms with van der Waals surface area (Å²) in [6, 6.07) is 5.21. The smallest absolute Gasteiger partial charge is 0.287 e. The van der Waals surface area contributed by atoms with Crippen molar-refractivity contribution in [2.45, 2.75) is 30.6 Å². The van der Waals surface area contributed by atoms with Crippen LogP contribution in [-0.4, -0.2) is 27.7 Å². The van der Waals surface area contributed by atoms with Crippen LogP contribution in [0.25, 0.3) is 11.1 Å². The third-order valence-electron chi connectivity index (χ3n) is 3.24. The molecule has 2 unspecified atom stereocenters. The molecule has 1 saturated heterocycles. The fourth-order valence-electron chi connectivity index (χ4n) is 2.22. The summed E-state index contributed by atoms with van der Waals surface area (Å²) >= 11 is 0. The van der Waals surface area contributed by atoms with Crippen molar-refractivity contribution in [1.29, 1.82) is 0 Å². The normalized spacial score (nSPS) is 20.9. The molecule has 0 saturated carbocycles. The molecule has 1 aromatic carbocycles. The van der Waals surface area contributed by atoms with Gasteiger partial charge in [0.05, 0.1) is 6.10 Å². The van der Waals surface area contributed by atoms with Gasteiger partial charge >= 0.3 is 0 Å². The third kappa shape index (κ3) is 2.79. The number of anilines is 1. The van der Waals surface area contributed by atoms with Gasteiger partial charge in [-0.05, 0) is 37.5 Å². The Labute approximate surface area is 113 Å². The van der Waals surface area contributed by atoms with Gasteiger partial charge in [-0.1, -0.05) is 0 Å². The van der Waals surface area contributed by atoms with Crippen LogP contribution in [0.4, 0.5) is 5.69 Å². The molecule has 2 atom stereocenters. The molecule has 2 aromatic rings. The Balaban J connectivity index is 1.70. The Morgan fingerprint density at radius 1 is 1.47 bits per heavy atom. The SMILES string of the molecule is Nc1ccc2oc(S(=O)CCC3CCCO3)nc2c1. The average molecular weight is 280 g/mol. The molecule has 6 heteroatoms. The lowest BCUT2D eigenvalue weighted by Gasteiger charge is -2.06. The molecular formula is C13H16N2O3S. The van der Waals surface area contributed by atoms with Crippen molar-refractivity contribution >= 4 is 27.6 Å². The second kappa shape index (κ2) is 5.30. The second-order valence-electron chi connectivity index (χ2n) is 4.68. The van der Waals surface area contributed by atoms with Crippen molar-refractivity contribution in [3.63, 3.8) is 0 Å². The molecule has 0 radical (unpaired) electrons. The van der Waals surface area contributed by atoms with E-state index in [2.05, 4.69) is 4.98 Å². The summed E-state index contributed by atoms with van der Waals surface area (Å²) in [7, 11) is -1.22. The van der Waals surface area contributed by atoms with Crippen LogP contribution in [0.1, 0.15) is 19.3 Å². The summed E-state index contributed by atoms with van der Waals surface area (Å²) in [5.74, 6) is 0.521. The number of nitrogen functional groups attached to an aromatic ring is 1. The Bertz CT molecular complexity index is 605. The number of hydrogen-bond acceptors (Lipinski definition) is 5. The molecule has 0 spiro atoms. The van der Waals surface area contributed by atoms with Crippen LogP contribution in [0, 0.1) is 0 Å². The number of fused-ring (bicyclic) bond motifs is 1. The molecule has 2 N–H and O–H groups in total. The van der Waals surface area contributed by atoms with E-state index in [-0.39, 0.29) is 11.3 Å². The first-order valence-electron chi connectivity index (χ1n) is 6.38. The van der Waals surface area contributed by atoms with Crippen LogP contribution >= 0.6 is 0 Å². The van der Waals surface area contributed by atoms with Crippen LogP contribution in [-0.2, 0) is 15.5 Å². The number of oxazole rings is 1. The summed E-state index contributed by atoms with van der Waals surface area (Å²) in [6.45, 7) is 0.819. The first kappa shape index (κ1) is 12.6. The lowest BCUT2D eigenvalue weighted by Crippen LogP contribution is -2.10. The molecule has 19 heavy (non-hydrogen) atoms. The van der Waals surface area contributed by atoms with E-state index in [0.717, 1.165) is 25.9 Å². The fourth-order valence-corrected chi connectivity index (χ4v) is 3.25. The third-order valence-corrected chi connectivity index (χ3v) is 4.41. The van der Waals surface area contributed by atoms with Crippen molar-refractivity contribution in [1.82, 2.24) is 4.98 Å². The monoisotopic (exact) mass is 280 g/mol. The van der Waals surface area contributed by atoms with Crippen molar-refractivity contribution < 1.29 is 13.4 Å². The molecule has 1 fully saturated rings. The maximum absolute atomic E-state index is 12.1. The maximum Gasteiger partial charge on any atom is 0.287 e. The molecule has 1 aliphatic heterocycles. The van der Waals surface area contributed by atoms with Crippen LogP contribution in [0.3, 0.4) is 0 Å². The second-order valence-corrected chi connectivity index (χ2v) is 6.13. The van der Waals surface area contributed by atoms with Crippen molar-refractivity contribution in [3.8, 4) is 0 Å². The van der Waals surface area contributed by atoms with Gasteiger partial charge in [0.1, 0.15) is 16.3 Å². The quantitative estimate of drug-likeness (QED) is 0.868. The molecule has 1 aliphatic rings. The lowest BCUT2D eigenvalue weighted by atomic mass is 10.2. The van der Waals surface area contributed by atoms with Gasteiger partial charge in [0.25, 0.3) is 5.22 Å². The first-order chi connectivity index (χ1) is 9.22. The Hall–Kier alpha value is -1.40. The van der Waals surface area contributed by atoms with E-state index in [0.29, 0.717) is 22.5 Å². The molecule has 0 amide bonds. The standard InChI is InChI=1S/C13H16N2O3S/c14-9-3-4-12-11(8-9)15-13(18-12)19(16)7-5-10-2-1-6-17-10/h3-4,8,10H,1-2,5-7,14H2. The van der Waals surface area contributed by atoms with Crippen LogP contribution in [0.5, 0.6) is 0 Å². The summed E-state index contributed by atoms with van der Waals surface area (Å²) < 4.78 is 23.1. The number of nitrogens with zero attached hydrogens (tertiary/aromatic N) is 1. The zero-order chi connectivity index (χ0) is 13.2. The van der Waals surface area contributed by atoms with E-state index in [1.54, 1.807) is 18.2 Å². The number of benzene rings is 1. The number of aromatic nitrogens is 1. The molecule has 1 aromatic heterocycles.